The summed E-state index contributed by atoms with van der Waals surface area (Å²) in [5, 5.41) is 16.6. The van der Waals surface area contributed by atoms with E-state index in [2.05, 4.69) is 142 Å². The third-order valence-electron chi connectivity index (χ3n) is 9.47. The van der Waals surface area contributed by atoms with Crippen molar-refractivity contribution in [3.05, 3.63) is 237 Å². The van der Waals surface area contributed by atoms with Crippen molar-refractivity contribution in [3.63, 3.8) is 0 Å². The molecule has 314 valence electrons. The first kappa shape index (κ1) is 47.3. The Kier molecular flexibility index (Phi) is 19.3. The maximum absolute atomic E-state index is 9.94. The van der Waals surface area contributed by atoms with Crippen LogP contribution in [0.3, 0.4) is 0 Å². The second-order valence-corrected chi connectivity index (χ2v) is 14.0. The van der Waals surface area contributed by atoms with E-state index in [0.29, 0.717) is 0 Å². The molecule has 0 aliphatic heterocycles. The van der Waals surface area contributed by atoms with Gasteiger partial charge >= 0.3 is 0 Å². The van der Waals surface area contributed by atoms with E-state index in [-0.39, 0.29) is 11.7 Å². The van der Waals surface area contributed by atoms with E-state index in [1.165, 1.54) is 21.9 Å². The zero-order chi connectivity index (χ0) is 44.7. The Labute approximate surface area is 370 Å². The second kappa shape index (κ2) is 25.3. The standard InChI is InChI=1S/C42H30O3.3C5H8.C2H6/c1-27-2-3-30-12-17-40(24-35(30)20-27)45-42-19-14-32-13-18-41(25-37(32)26-42)44-39-16-11-29-5-4-28(6-9-34(29)23-39)33-8-7-31-10-15-38(43)22-36(31)21-33;3*1-3-5-4-2;1-2/h2-26,28,43H,1H3;2*3-5H,1H2,2H3;3-4H,1-2,5H2;1-2H3/b;2*5-4+;;. The lowest BCUT2D eigenvalue weighted by atomic mass is 9.95. The highest BCUT2D eigenvalue weighted by molar-refractivity contribution is 5.87. The maximum atomic E-state index is 9.94. The molecule has 0 saturated heterocycles. The van der Waals surface area contributed by atoms with Gasteiger partial charge in [0.1, 0.15) is 28.7 Å². The molecule has 7 aromatic carbocycles. The average Bonchev–Trinajstić information content (AvgIpc) is 3.50. The molecular weight excluding hydrogens is 757 g/mol. The molecule has 62 heavy (non-hydrogen) atoms. The molecule has 3 nitrogen and oxygen atoms in total. The van der Waals surface area contributed by atoms with Gasteiger partial charge in [-0.15, -0.1) is 13.2 Å². The molecule has 0 amide bonds. The highest BCUT2D eigenvalue weighted by Gasteiger charge is 2.12. The van der Waals surface area contributed by atoms with Gasteiger partial charge in [-0.3, -0.25) is 0 Å². The highest BCUT2D eigenvalue weighted by Crippen LogP contribution is 2.34. The summed E-state index contributed by atoms with van der Waals surface area (Å²) in [5.74, 6) is 3.56. The van der Waals surface area contributed by atoms with Crippen LogP contribution >= 0.6 is 0 Å². The molecule has 1 unspecified atom stereocenters. The van der Waals surface area contributed by atoms with Gasteiger partial charge in [0, 0.05) is 5.92 Å². The zero-order valence-electron chi connectivity index (χ0n) is 36.9. The first-order valence-electron chi connectivity index (χ1n) is 21.1. The molecular formula is C59H60O3. The number of benzene rings is 7. The first-order chi connectivity index (χ1) is 30.3. The summed E-state index contributed by atoms with van der Waals surface area (Å²) in [6, 6.07) is 43.0. The van der Waals surface area contributed by atoms with Crippen LogP contribution < -0.4 is 9.47 Å². The Hall–Kier alpha value is -7.36. The van der Waals surface area contributed by atoms with Crippen molar-refractivity contribution < 1.29 is 14.6 Å². The maximum Gasteiger partial charge on any atom is 0.128 e. The second-order valence-electron chi connectivity index (χ2n) is 14.0. The molecule has 0 radical (unpaired) electrons. The van der Waals surface area contributed by atoms with Gasteiger partial charge in [0.05, 0.1) is 0 Å². The van der Waals surface area contributed by atoms with Crippen LogP contribution in [-0.2, 0) is 0 Å². The fourth-order valence-electron chi connectivity index (χ4n) is 6.47. The van der Waals surface area contributed by atoms with E-state index in [0.717, 1.165) is 62.1 Å². The average molecular weight is 817 g/mol. The van der Waals surface area contributed by atoms with Crippen molar-refractivity contribution in [2.45, 2.75) is 47.0 Å². The number of phenolic OH excluding ortho intramolecular Hbond substituents is 1. The van der Waals surface area contributed by atoms with Gasteiger partial charge in [-0.25, -0.2) is 0 Å². The first-order valence-corrected chi connectivity index (χ1v) is 21.1. The molecule has 0 heterocycles. The number of phenols is 1. The lowest BCUT2D eigenvalue weighted by Crippen LogP contribution is -1.90. The minimum Gasteiger partial charge on any atom is -0.508 e. The van der Waals surface area contributed by atoms with Crippen LogP contribution in [0.25, 0.3) is 44.5 Å². The molecule has 0 spiro atoms. The zero-order valence-corrected chi connectivity index (χ0v) is 36.9. The van der Waals surface area contributed by atoms with Gasteiger partial charge in [-0.1, -0.05) is 172 Å². The van der Waals surface area contributed by atoms with E-state index in [4.69, 9.17) is 9.47 Å². The Morgan fingerprint density at radius 1 is 0.500 bits per heavy atom. The van der Waals surface area contributed by atoms with Gasteiger partial charge in [-0.05, 0) is 137 Å². The lowest BCUT2D eigenvalue weighted by Gasteiger charge is -2.11. The molecule has 0 saturated carbocycles. The summed E-state index contributed by atoms with van der Waals surface area (Å²) >= 11 is 0. The van der Waals surface area contributed by atoms with Crippen LogP contribution in [-0.4, -0.2) is 5.11 Å². The third-order valence-corrected chi connectivity index (χ3v) is 9.47. The van der Waals surface area contributed by atoms with Crippen molar-refractivity contribution in [1.82, 2.24) is 0 Å². The number of fused-ring (bicyclic) bond motifs is 4. The molecule has 3 heteroatoms. The predicted molar refractivity (Wildman–Crippen MR) is 272 cm³/mol. The van der Waals surface area contributed by atoms with Crippen LogP contribution in [0.1, 0.15) is 62.3 Å². The van der Waals surface area contributed by atoms with Gasteiger partial charge in [-0.2, -0.15) is 0 Å². The SMILES string of the molecule is C=C/C=C/C.C=C/C=C/C.C=CCC=C.CC.Cc1ccc2ccc(Oc3ccc4ccc(Oc5ccc6c(c5)C=CC(c5ccc7ccc(O)cc7c5)C=C6)cc4c3)cc2c1. The number of rotatable bonds is 9. The smallest absolute Gasteiger partial charge is 0.128 e. The molecule has 1 aliphatic carbocycles. The number of aryl methyl sites for hydroxylation is 1. The van der Waals surface area contributed by atoms with E-state index >= 15 is 0 Å². The monoisotopic (exact) mass is 816 g/mol. The Balaban J connectivity index is 0.000000427. The summed E-state index contributed by atoms with van der Waals surface area (Å²) < 4.78 is 12.6. The quantitative estimate of drug-likeness (QED) is 0.116. The van der Waals surface area contributed by atoms with Gasteiger partial charge in [0.2, 0.25) is 0 Å². The van der Waals surface area contributed by atoms with Crippen LogP contribution in [0.15, 0.2) is 214 Å². The van der Waals surface area contributed by atoms with Crippen molar-refractivity contribution in [3.8, 4) is 28.7 Å². The number of hydrogen-bond acceptors (Lipinski definition) is 3. The topological polar surface area (TPSA) is 38.7 Å². The summed E-state index contributed by atoms with van der Waals surface area (Å²) in [5.41, 5.74) is 4.66. The molecule has 0 fully saturated rings. The van der Waals surface area contributed by atoms with Crippen LogP contribution in [0.5, 0.6) is 28.7 Å². The Bertz CT molecular complexity index is 2680. The molecule has 1 atom stereocenters. The van der Waals surface area contributed by atoms with Crippen molar-refractivity contribution in [2.75, 3.05) is 0 Å². The molecule has 0 bridgehead atoms. The van der Waals surface area contributed by atoms with Gasteiger partial charge in [0.25, 0.3) is 0 Å². The van der Waals surface area contributed by atoms with Crippen LogP contribution in [0, 0.1) is 6.92 Å². The molecule has 1 aliphatic rings. The molecule has 7 aromatic rings. The number of hydrogen-bond donors (Lipinski definition) is 1. The molecule has 1 N–H and O–H groups in total. The fraction of sp³-hybridized carbons (Fsp3) is 0.119. The van der Waals surface area contributed by atoms with E-state index < -0.39 is 0 Å². The fourth-order valence-corrected chi connectivity index (χ4v) is 6.47. The Morgan fingerprint density at radius 3 is 1.45 bits per heavy atom. The van der Waals surface area contributed by atoms with Crippen LogP contribution in [0.4, 0.5) is 0 Å². The number of aromatic hydroxyl groups is 1. The lowest BCUT2D eigenvalue weighted by molar-refractivity contribution is 0.476. The van der Waals surface area contributed by atoms with Crippen molar-refractivity contribution in [2.24, 2.45) is 0 Å². The van der Waals surface area contributed by atoms with Crippen LogP contribution in [0.2, 0.25) is 0 Å². The molecule has 8 rings (SSSR count). The van der Waals surface area contributed by atoms with E-state index in [1.54, 1.807) is 18.2 Å². The summed E-state index contributed by atoms with van der Waals surface area (Å²) in [4.78, 5) is 0. The van der Waals surface area contributed by atoms with Gasteiger partial charge in [0.15, 0.2) is 0 Å². The van der Waals surface area contributed by atoms with E-state index in [9.17, 15) is 5.11 Å². The predicted octanol–water partition coefficient (Wildman–Crippen LogP) is 17.8. The minimum atomic E-state index is 0.129. The minimum absolute atomic E-state index is 0.129. The normalized spacial score (nSPS) is 12.2. The highest BCUT2D eigenvalue weighted by atomic mass is 16.5. The summed E-state index contributed by atoms with van der Waals surface area (Å²) in [7, 11) is 0. The Morgan fingerprint density at radius 2 is 0.952 bits per heavy atom. The summed E-state index contributed by atoms with van der Waals surface area (Å²) in [6.07, 6.45) is 24.5. The van der Waals surface area contributed by atoms with Gasteiger partial charge < -0.3 is 14.6 Å². The van der Waals surface area contributed by atoms with Crippen molar-refractivity contribution in [1.29, 1.82) is 0 Å². The largest absolute Gasteiger partial charge is 0.508 e. The molecule has 0 aromatic heterocycles. The third kappa shape index (κ3) is 14.1. The van der Waals surface area contributed by atoms with E-state index in [1.807, 2.05) is 101 Å². The summed E-state index contributed by atoms with van der Waals surface area (Å²) in [6.45, 7) is 23.9. The number of allylic oxidation sites excluding steroid dienone is 10. The number of ether oxygens (including phenoxy) is 2. The van der Waals surface area contributed by atoms with Crippen molar-refractivity contribution >= 4 is 44.5 Å².